The zero-order chi connectivity index (χ0) is 16.7. The molecule has 2 rings (SSSR count). The summed E-state index contributed by atoms with van der Waals surface area (Å²) in [6.07, 6.45) is -11.4. The molecule has 1 amide bonds. The molecule has 0 radical (unpaired) electrons. The lowest BCUT2D eigenvalue weighted by atomic mass is 10.1. The summed E-state index contributed by atoms with van der Waals surface area (Å²) < 4.78 is 76.6. The monoisotopic (exact) mass is 327 g/mol. The molecular formula is C11H7F6N3O2. The Labute approximate surface area is 118 Å². The maximum absolute atomic E-state index is 12.9. The Morgan fingerprint density at radius 3 is 2.32 bits per heavy atom. The molecule has 0 saturated carbocycles. The zero-order valence-electron chi connectivity index (χ0n) is 10.4. The maximum atomic E-state index is 12.9. The van der Waals surface area contributed by atoms with E-state index < -0.39 is 47.2 Å². The molecule has 0 atom stereocenters. The summed E-state index contributed by atoms with van der Waals surface area (Å²) in [5.41, 5.74) is -4.21. The van der Waals surface area contributed by atoms with Crippen LogP contribution in [0.25, 0.3) is 11.0 Å². The number of carboxylic acid groups (broad SMARTS) is 1. The molecule has 3 N–H and O–H groups in total. The summed E-state index contributed by atoms with van der Waals surface area (Å²) in [6, 6.07) is 0.458. The molecule has 2 aromatic rings. The molecule has 1 heterocycles. The first-order valence-corrected chi connectivity index (χ1v) is 5.62. The Morgan fingerprint density at radius 1 is 1.18 bits per heavy atom. The number of benzene rings is 1. The third-order valence-corrected chi connectivity index (χ3v) is 2.68. The second-order valence-electron chi connectivity index (χ2n) is 4.26. The molecular weight excluding hydrogens is 320 g/mol. The molecule has 22 heavy (non-hydrogen) atoms. The third-order valence-electron chi connectivity index (χ3n) is 2.68. The molecule has 1 aromatic heterocycles. The number of imidazole rings is 1. The number of aromatic nitrogens is 2. The first-order chi connectivity index (χ1) is 9.98. The topological polar surface area (TPSA) is 78.0 Å². The van der Waals surface area contributed by atoms with Crippen molar-refractivity contribution in [3.8, 4) is 0 Å². The van der Waals surface area contributed by atoms with Crippen molar-refractivity contribution in [2.75, 3.05) is 0 Å². The Bertz CT molecular complexity index is 719. The van der Waals surface area contributed by atoms with Gasteiger partial charge in [-0.05, 0) is 12.1 Å². The summed E-state index contributed by atoms with van der Waals surface area (Å²) >= 11 is 0. The molecule has 5 nitrogen and oxygen atoms in total. The van der Waals surface area contributed by atoms with Crippen molar-refractivity contribution in [1.29, 1.82) is 0 Å². The highest BCUT2D eigenvalue weighted by Crippen LogP contribution is 2.39. The third kappa shape index (κ3) is 3.23. The molecule has 0 aliphatic heterocycles. The van der Waals surface area contributed by atoms with Gasteiger partial charge >= 0.3 is 18.4 Å². The number of carbonyl (C=O) groups is 1. The van der Waals surface area contributed by atoms with Crippen LogP contribution in [0.15, 0.2) is 12.1 Å². The lowest BCUT2D eigenvalue weighted by molar-refractivity contribution is -0.142. The summed E-state index contributed by atoms with van der Waals surface area (Å²) in [6.45, 7) is -0.470. The first kappa shape index (κ1) is 15.9. The van der Waals surface area contributed by atoms with Gasteiger partial charge in [0.15, 0.2) is 0 Å². The fourth-order valence-corrected chi connectivity index (χ4v) is 1.79. The molecule has 0 unspecified atom stereocenters. The van der Waals surface area contributed by atoms with Gasteiger partial charge in [-0.25, -0.2) is 9.78 Å². The van der Waals surface area contributed by atoms with Gasteiger partial charge in [0.2, 0.25) is 0 Å². The van der Waals surface area contributed by atoms with Gasteiger partial charge in [-0.2, -0.15) is 26.3 Å². The van der Waals surface area contributed by atoms with Gasteiger partial charge < -0.3 is 15.4 Å². The lowest BCUT2D eigenvalue weighted by Gasteiger charge is -2.11. The number of nitrogens with zero attached hydrogens (tertiary/aromatic N) is 1. The van der Waals surface area contributed by atoms with Crippen LogP contribution in [-0.2, 0) is 18.9 Å². The predicted octanol–water partition coefficient (Wildman–Crippen LogP) is 3.37. The van der Waals surface area contributed by atoms with Crippen molar-refractivity contribution in [2.24, 2.45) is 0 Å². The number of halogens is 6. The van der Waals surface area contributed by atoms with Crippen molar-refractivity contribution >= 4 is 17.1 Å². The number of nitrogens with one attached hydrogen (secondary N) is 2. The predicted molar refractivity (Wildman–Crippen MR) is 61.0 cm³/mol. The summed E-state index contributed by atoms with van der Waals surface area (Å²) in [5, 5.41) is 10.2. The van der Waals surface area contributed by atoms with Crippen molar-refractivity contribution in [2.45, 2.75) is 18.9 Å². The van der Waals surface area contributed by atoms with Crippen LogP contribution in [0.4, 0.5) is 31.1 Å². The molecule has 0 fully saturated rings. The number of H-pyrrole nitrogens is 1. The minimum Gasteiger partial charge on any atom is -0.465 e. The fourth-order valence-electron chi connectivity index (χ4n) is 1.79. The first-order valence-electron chi connectivity index (χ1n) is 5.62. The fraction of sp³-hybridized carbons (Fsp3) is 0.273. The molecule has 120 valence electrons. The average molecular weight is 327 g/mol. The van der Waals surface area contributed by atoms with Crippen molar-refractivity contribution in [1.82, 2.24) is 15.3 Å². The highest BCUT2D eigenvalue weighted by molar-refractivity contribution is 5.80. The molecule has 0 saturated heterocycles. The second kappa shape index (κ2) is 5.07. The number of hydrogen-bond donors (Lipinski definition) is 3. The summed E-state index contributed by atoms with van der Waals surface area (Å²) in [7, 11) is 0. The number of fused-ring (bicyclic) bond motifs is 1. The zero-order valence-corrected chi connectivity index (χ0v) is 10.4. The Hall–Kier alpha value is -2.46. The standard InChI is InChI=1S/C11H7F6N3O2/c12-10(13,14)4-1-5(11(15,16)17)8-6(2-4)19-7(20-8)3-18-9(21)22/h1-2,18H,3H2,(H,19,20)(H,21,22). The van der Waals surface area contributed by atoms with E-state index in [1.54, 1.807) is 0 Å². The van der Waals surface area contributed by atoms with Gasteiger partial charge in [0.1, 0.15) is 11.3 Å². The van der Waals surface area contributed by atoms with E-state index in [9.17, 15) is 31.1 Å². The van der Waals surface area contributed by atoms with Crippen molar-refractivity contribution < 1.29 is 36.2 Å². The molecule has 0 bridgehead atoms. The highest BCUT2D eigenvalue weighted by Gasteiger charge is 2.39. The van der Waals surface area contributed by atoms with Crippen LogP contribution in [0.1, 0.15) is 17.0 Å². The van der Waals surface area contributed by atoms with Crippen LogP contribution in [-0.4, -0.2) is 21.2 Å². The SMILES string of the molecule is O=C(O)NCc1nc2c(C(F)(F)F)cc(C(F)(F)F)cc2[nH]1. The van der Waals surface area contributed by atoms with Crippen molar-refractivity contribution in [3.05, 3.63) is 29.1 Å². The van der Waals surface area contributed by atoms with Crippen LogP contribution < -0.4 is 5.32 Å². The van der Waals surface area contributed by atoms with Gasteiger partial charge in [0.05, 0.1) is 23.2 Å². The minimum atomic E-state index is -5.04. The Kier molecular flexibility index (Phi) is 3.67. The van der Waals surface area contributed by atoms with E-state index in [2.05, 4.69) is 9.97 Å². The molecule has 11 heteroatoms. The highest BCUT2D eigenvalue weighted by atomic mass is 19.4. The smallest absolute Gasteiger partial charge is 0.418 e. The van der Waals surface area contributed by atoms with E-state index in [4.69, 9.17) is 5.11 Å². The van der Waals surface area contributed by atoms with Gasteiger partial charge in [-0.15, -0.1) is 0 Å². The van der Waals surface area contributed by atoms with Gasteiger partial charge in [0, 0.05) is 0 Å². The lowest BCUT2D eigenvalue weighted by Crippen LogP contribution is -2.20. The van der Waals surface area contributed by atoms with Gasteiger partial charge in [0.25, 0.3) is 0 Å². The van der Waals surface area contributed by atoms with Gasteiger partial charge in [-0.1, -0.05) is 0 Å². The normalized spacial score (nSPS) is 12.6. The van der Waals surface area contributed by atoms with Crippen LogP contribution in [0, 0.1) is 0 Å². The number of rotatable bonds is 2. The van der Waals surface area contributed by atoms with Crippen molar-refractivity contribution in [3.63, 3.8) is 0 Å². The summed E-state index contributed by atoms with van der Waals surface area (Å²) in [4.78, 5) is 16.1. The largest absolute Gasteiger partial charge is 0.465 e. The average Bonchev–Trinajstić information content (AvgIpc) is 2.75. The molecule has 0 aliphatic rings. The minimum absolute atomic E-state index is 0.0302. The number of amides is 1. The second-order valence-corrected chi connectivity index (χ2v) is 4.26. The Balaban J connectivity index is 2.60. The summed E-state index contributed by atoms with van der Waals surface area (Å²) in [5.74, 6) is -0.234. The number of hydrogen-bond acceptors (Lipinski definition) is 2. The number of aromatic amines is 1. The van der Waals surface area contributed by atoms with E-state index in [1.165, 1.54) is 0 Å². The maximum Gasteiger partial charge on any atom is 0.418 e. The van der Waals surface area contributed by atoms with E-state index in [-0.39, 0.29) is 11.9 Å². The molecule has 0 spiro atoms. The van der Waals surface area contributed by atoms with E-state index in [0.29, 0.717) is 6.07 Å². The van der Waals surface area contributed by atoms with Gasteiger partial charge in [-0.3, -0.25) is 0 Å². The van der Waals surface area contributed by atoms with Crippen LogP contribution in [0.3, 0.4) is 0 Å². The van der Waals surface area contributed by atoms with E-state index in [1.807, 2.05) is 5.32 Å². The van der Waals surface area contributed by atoms with Crippen LogP contribution in [0.5, 0.6) is 0 Å². The Morgan fingerprint density at radius 2 is 1.82 bits per heavy atom. The van der Waals surface area contributed by atoms with E-state index >= 15 is 0 Å². The van der Waals surface area contributed by atoms with Crippen LogP contribution in [0.2, 0.25) is 0 Å². The quantitative estimate of drug-likeness (QED) is 0.740. The number of alkyl halides is 6. The van der Waals surface area contributed by atoms with Crippen LogP contribution >= 0.6 is 0 Å². The molecule has 0 aliphatic carbocycles. The molecule has 1 aromatic carbocycles. The van der Waals surface area contributed by atoms with E-state index in [0.717, 1.165) is 0 Å².